The molecule has 2 N–H and O–H groups in total. The van der Waals surface area contributed by atoms with Gasteiger partial charge in [0.1, 0.15) is 0 Å². The van der Waals surface area contributed by atoms with Crippen LogP contribution >= 0.6 is 0 Å². The highest BCUT2D eigenvalue weighted by Gasteiger charge is 2.53. The fraction of sp³-hybridized carbons (Fsp3) is 0.278. The van der Waals surface area contributed by atoms with Crippen molar-refractivity contribution in [1.29, 1.82) is 0 Å². The van der Waals surface area contributed by atoms with E-state index in [1.165, 1.54) is 5.56 Å². The summed E-state index contributed by atoms with van der Waals surface area (Å²) in [6.07, 6.45) is 1.63. The van der Waals surface area contributed by atoms with E-state index in [4.69, 9.17) is 0 Å². The van der Waals surface area contributed by atoms with E-state index in [9.17, 15) is 15.0 Å². The zero-order chi connectivity index (χ0) is 14.6. The molecule has 0 spiro atoms. The Balaban J connectivity index is 1.82. The molecule has 0 unspecified atom stereocenters. The van der Waals surface area contributed by atoms with Crippen LogP contribution in [-0.2, 0) is 5.60 Å². The maximum absolute atomic E-state index is 11.2. The minimum atomic E-state index is -0.913. The van der Waals surface area contributed by atoms with Crippen LogP contribution in [0.2, 0.25) is 0 Å². The molecule has 1 fully saturated rings. The first-order chi connectivity index (χ1) is 10.1. The van der Waals surface area contributed by atoms with Crippen LogP contribution in [0, 0.1) is 0 Å². The van der Waals surface area contributed by atoms with Gasteiger partial charge in [-0.15, -0.1) is 0 Å². The van der Waals surface area contributed by atoms with E-state index in [-0.39, 0.29) is 5.92 Å². The predicted octanol–water partition coefficient (Wildman–Crippen LogP) is 3.25. The second kappa shape index (κ2) is 4.18. The van der Waals surface area contributed by atoms with Gasteiger partial charge in [0.25, 0.3) is 0 Å². The first-order valence-corrected chi connectivity index (χ1v) is 7.24. The molecule has 4 rings (SSSR count). The van der Waals surface area contributed by atoms with E-state index in [0.717, 1.165) is 24.0 Å². The quantitative estimate of drug-likeness (QED) is 0.887. The van der Waals surface area contributed by atoms with Crippen molar-refractivity contribution < 1.29 is 15.0 Å². The Bertz CT molecular complexity index is 722. The average Bonchev–Trinajstić information content (AvgIpc) is 3.04. The fourth-order valence-electron chi connectivity index (χ4n) is 4.13. The maximum atomic E-state index is 11.2. The summed E-state index contributed by atoms with van der Waals surface area (Å²) in [6.45, 7) is 0. The van der Waals surface area contributed by atoms with E-state index in [0.29, 0.717) is 11.5 Å². The van der Waals surface area contributed by atoms with Gasteiger partial charge in [-0.25, -0.2) is 4.79 Å². The Hall–Kier alpha value is -2.13. The minimum Gasteiger partial charge on any atom is -0.478 e. The van der Waals surface area contributed by atoms with Gasteiger partial charge in [-0.1, -0.05) is 36.4 Å². The zero-order valence-electron chi connectivity index (χ0n) is 11.5. The molecule has 3 atom stereocenters. The van der Waals surface area contributed by atoms with Crippen molar-refractivity contribution in [1.82, 2.24) is 0 Å². The van der Waals surface area contributed by atoms with Gasteiger partial charge in [0.05, 0.1) is 11.2 Å². The van der Waals surface area contributed by atoms with Crippen LogP contribution in [0.4, 0.5) is 0 Å². The van der Waals surface area contributed by atoms with Gasteiger partial charge in [-0.3, -0.25) is 0 Å². The largest absolute Gasteiger partial charge is 0.478 e. The van der Waals surface area contributed by atoms with Crippen molar-refractivity contribution in [2.75, 3.05) is 0 Å². The SMILES string of the molecule is O=C(O)c1ccc2c(c1)[C@H]1C[C@@H]2C[C@@]1(O)c1ccccc1. The van der Waals surface area contributed by atoms with Crippen LogP contribution in [-0.4, -0.2) is 16.2 Å². The Morgan fingerprint density at radius 1 is 1.10 bits per heavy atom. The number of carboxylic acid groups (broad SMARTS) is 1. The third kappa shape index (κ3) is 1.67. The van der Waals surface area contributed by atoms with Gasteiger partial charge in [0, 0.05) is 5.92 Å². The molecule has 0 heterocycles. The lowest BCUT2D eigenvalue weighted by atomic mass is 9.75. The van der Waals surface area contributed by atoms with Crippen molar-refractivity contribution in [3.05, 3.63) is 70.8 Å². The maximum Gasteiger partial charge on any atom is 0.335 e. The van der Waals surface area contributed by atoms with Crippen molar-refractivity contribution in [3.8, 4) is 0 Å². The topological polar surface area (TPSA) is 57.5 Å². The summed E-state index contributed by atoms with van der Waals surface area (Å²) < 4.78 is 0. The molecule has 2 aliphatic rings. The second-order valence-electron chi connectivity index (χ2n) is 6.13. The van der Waals surface area contributed by atoms with Crippen molar-refractivity contribution >= 4 is 5.97 Å². The number of benzene rings is 2. The van der Waals surface area contributed by atoms with Crippen LogP contribution in [0.25, 0.3) is 0 Å². The Labute approximate surface area is 122 Å². The second-order valence-corrected chi connectivity index (χ2v) is 6.13. The molecular weight excluding hydrogens is 264 g/mol. The molecule has 0 radical (unpaired) electrons. The van der Waals surface area contributed by atoms with Crippen molar-refractivity contribution in [2.24, 2.45) is 0 Å². The lowest BCUT2D eigenvalue weighted by molar-refractivity contribution is 0.0208. The van der Waals surface area contributed by atoms with Crippen LogP contribution in [0.3, 0.4) is 0 Å². The first-order valence-electron chi connectivity index (χ1n) is 7.24. The number of carbonyl (C=O) groups is 1. The molecule has 0 amide bonds. The van der Waals surface area contributed by atoms with Crippen LogP contribution in [0.5, 0.6) is 0 Å². The molecule has 2 aromatic rings. The summed E-state index contributed by atoms with van der Waals surface area (Å²) in [7, 11) is 0. The fourth-order valence-corrected chi connectivity index (χ4v) is 4.13. The van der Waals surface area contributed by atoms with E-state index in [1.54, 1.807) is 12.1 Å². The molecule has 2 bridgehead atoms. The van der Waals surface area contributed by atoms with Gasteiger partial charge < -0.3 is 10.2 Å². The molecule has 3 heteroatoms. The first kappa shape index (κ1) is 12.6. The molecule has 2 aromatic carbocycles. The summed E-state index contributed by atoms with van der Waals surface area (Å²) in [6, 6.07) is 15.1. The number of hydrogen-bond donors (Lipinski definition) is 2. The molecule has 106 valence electrons. The Morgan fingerprint density at radius 3 is 2.57 bits per heavy atom. The van der Waals surface area contributed by atoms with Gasteiger partial charge in [-0.05, 0) is 47.6 Å². The number of hydrogen-bond acceptors (Lipinski definition) is 2. The predicted molar refractivity (Wildman–Crippen MR) is 78.5 cm³/mol. The van der Waals surface area contributed by atoms with E-state index < -0.39 is 11.6 Å². The van der Waals surface area contributed by atoms with E-state index in [1.807, 2.05) is 36.4 Å². The lowest BCUT2D eigenvalue weighted by Gasteiger charge is -2.34. The molecule has 3 nitrogen and oxygen atoms in total. The van der Waals surface area contributed by atoms with Gasteiger partial charge in [-0.2, -0.15) is 0 Å². The Kier molecular flexibility index (Phi) is 2.51. The molecular formula is C18H16O3. The third-order valence-electron chi connectivity index (χ3n) is 5.08. The number of aromatic carboxylic acids is 1. The van der Waals surface area contributed by atoms with Crippen molar-refractivity contribution in [2.45, 2.75) is 30.3 Å². The van der Waals surface area contributed by atoms with Gasteiger partial charge in [0.2, 0.25) is 0 Å². The molecule has 0 saturated heterocycles. The number of rotatable bonds is 2. The van der Waals surface area contributed by atoms with Crippen LogP contribution < -0.4 is 0 Å². The van der Waals surface area contributed by atoms with Gasteiger partial charge in [0.15, 0.2) is 0 Å². The summed E-state index contributed by atoms with van der Waals surface area (Å²) in [5.74, 6) is -0.582. The zero-order valence-corrected chi connectivity index (χ0v) is 11.5. The summed E-state index contributed by atoms with van der Waals surface area (Å²) in [5.41, 5.74) is 2.60. The number of aliphatic hydroxyl groups is 1. The normalized spacial score (nSPS) is 29.4. The summed E-state index contributed by atoms with van der Waals surface area (Å²) in [5, 5.41) is 20.4. The van der Waals surface area contributed by atoms with Crippen LogP contribution in [0.15, 0.2) is 48.5 Å². The molecule has 1 saturated carbocycles. The van der Waals surface area contributed by atoms with Crippen molar-refractivity contribution in [3.63, 3.8) is 0 Å². The van der Waals surface area contributed by atoms with E-state index in [2.05, 4.69) is 0 Å². The number of fused-ring (bicyclic) bond motifs is 5. The van der Waals surface area contributed by atoms with E-state index >= 15 is 0 Å². The monoisotopic (exact) mass is 280 g/mol. The molecule has 21 heavy (non-hydrogen) atoms. The number of carboxylic acids is 1. The highest BCUT2D eigenvalue weighted by Crippen LogP contribution is 2.61. The highest BCUT2D eigenvalue weighted by molar-refractivity contribution is 5.88. The summed E-state index contributed by atoms with van der Waals surface area (Å²) >= 11 is 0. The highest BCUT2D eigenvalue weighted by atomic mass is 16.4. The minimum absolute atomic E-state index is 0.000741. The molecule has 0 aromatic heterocycles. The standard InChI is InChI=1S/C18H16O3/c19-17(20)11-6-7-14-12-9-16(15(14)8-11)18(21,10-12)13-4-2-1-3-5-13/h1-8,12,16,21H,9-10H2,(H,19,20)/t12-,16-,18-/m1/s1. The lowest BCUT2D eigenvalue weighted by Crippen LogP contribution is -2.31. The smallest absolute Gasteiger partial charge is 0.335 e. The Morgan fingerprint density at radius 2 is 1.86 bits per heavy atom. The summed E-state index contributed by atoms with van der Waals surface area (Å²) in [4.78, 5) is 11.2. The van der Waals surface area contributed by atoms with Crippen LogP contribution in [0.1, 0.15) is 51.7 Å². The van der Waals surface area contributed by atoms with Gasteiger partial charge >= 0.3 is 5.97 Å². The third-order valence-corrected chi connectivity index (χ3v) is 5.08. The molecule has 0 aliphatic heterocycles. The average molecular weight is 280 g/mol. The molecule has 2 aliphatic carbocycles.